The number of unbranched alkanes of at least 4 members (excludes halogenated alkanes) is 1. The van der Waals surface area contributed by atoms with Crippen molar-refractivity contribution in [3.63, 3.8) is 0 Å². The zero-order chi connectivity index (χ0) is 18.9. The number of esters is 1. The van der Waals surface area contributed by atoms with Gasteiger partial charge in [-0.25, -0.2) is 0 Å². The van der Waals surface area contributed by atoms with Crippen LogP contribution < -0.4 is 10.5 Å². The van der Waals surface area contributed by atoms with E-state index in [1.165, 1.54) is 0 Å². The van der Waals surface area contributed by atoms with Gasteiger partial charge >= 0.3 is 13.0 Å². The molecule has 9 heteroatoms. The van der Waals surface area contributed by atoms with Gasteiger partial charge in [0, 0.05) is 6.04 Å². The normalized spacial score (nSPS) is 21.8. The monoisotopic (exact) mass is 360 g/mol. The summed E-state index contributed by atoms with van der Waals surface area (Å²) in [4.78, 5) is 12.3. The molecule has 1 saturated heterocycles. The molecule has 0 amide bonds. The summed E-state index contributed by atoms with van der Waals surface area (Å²) in [7, 11) is -0.796. The van der Waals surface area contributed by atoms with Crippen LogP contribution in [0, 0.1) is 0 Å². The Morgan fingerprint density at radius 1 is 1.44 bits per heavy atom. The fourth-order valence-electron chi connectivity index (χ4n) is 2.57. The Morgan fingerprint density at radius 2 is 2.16 bits per heavy atom. The van der Waals surface area contributed by atoms with Crippen LogP contribution >= 0.6 is 0 Å². The largest absolute Gasteiger partial charge is 0.462 e. The van der Waals surface area contributed by atoms with Crippen molar-refractivity contribution in [3.05, 3.63) is 0 Å². The van der Waals surface area contributed by atoms with Crippen LogP contribution in [0.15, 0.2) is 0 Å². The van der Waals surface area contributed by atoms with Crippen molar-refractivity contribution >= 4 is 13.0 Å². The summed E-state index contributed by atoms with van der Waals surface area (Å²) >= 11 is 0. The van der Waals surface area contributed by atoms with Gasteiger partial charge in [0.2, 0.25) is 0 Å². The maximum absolute atomic E-state index is 12.3. The third-order valence-corrected chi connectivity index (χ3v) is 3.89. The van der Waals surface area contributed by atoms with E-state index in [-0.39, 0.29) is 25.4 Å². The minimum absolute atomic E-state index is 0.0641. The van der Waals surface area contributed by atoms with Crippen molar-refractivity contribution in [2.75, 3.05) is 26.4 Å². The van der Waals surface area contributed by atoms with Gasteiger partial charge in [-0.2, -0.15) is 0 Å². The van der Waals surface area contributed by atoms with Gasteiger partial charge in [-0.15, -0.1) is 0 Å². The molecule has 8 nitrogen and oxygen atoms in total. The molecule has 0 bridgehead atoms. The Balaban J connectivity index is 2.31. The van der Waals surface area contributed by atoms with Gasteiger partial charge in [-0.05, 0) is 47.0 Å². The molecule has 0 aromatic rings. The predicted molar refractivity (Wildman–Crippen MR) is 95.0 cm³/mol. The van der Waals surface area contributed by atoms with Crippen LogP contribution in [0.3, 0.4) is 0 Å². The molecule has 1 rings (SSSR count). The molecule has 0 radical (unpaired) electrons. The minimum atomic E-state index is -0.796. The molecular formula is C16H33BN2O6. The first-order valence-electron chi connectivity index (χ1n) is 9.00. The summed E-state index contributed by atoms with van der Waals surface area (Å²) in [5, 5.41) is 24.5. The lowest BCUT2D eigenvalue weighted by Gasteiger charge is -2.20. The summed E-state index contributed by atoms with van der Waals surface area (Å²) < 4.78 is 16.4. The average molecular weight is 360 g/mol. The van der Waals surface area contributed by atoms with E-state index in [9.17, 15) is 9.82 Å². The first-order valence-corrected chi connectivity index (χ1v) is 9.00. The number of nitrogens with one attached hydrogen (secondary N) is 2. The highest BCUT2D eigenvalue weighted by Gasteiger charge is 2.34. The third kappa shape index (κ3) is 9.53. The number of carbonyl (C=O) groups is 1. The highest BCUT2D eigenvalue weighted by molar-refractivity contribution is 6.46. The Bertz CT molecular complexity index is 397. The fourth-order valence-corrected chi connectivity index (χ4v) is 2.57. The van der Waals surface area contributed by atoms with Crippen molar-refractivity contribution in [2.24, 2.45) is 0 Å². The number of hydrogen-bond donors (Lipinski definition) is 4. The van der Waals surface area contributed by atoms with Crippen LogP contribution in [0.4, 0.5) is 0 Å². The second kappa shape index (κ2) is 11.1. The molecule has 0 aromatic heterocycles. The maximum atomic E-state index is 12.3. The van der Waals surface area contributed by atoms with Crippen LogP contribution in [-0.2, 0) is 19.0 Å². The zero-order valence-corrected chi connectivity index (χ0v) is 15.8. The second-order valence-corrected chi connectivity index (χ2v) is 7.01. The Morgan fingerprint density at radius 3 is 2.72 bits per heavy atom. The molecule has 25 heavy (non-hydrogen) atoms. The molecule has 4 N–H and O–H groups in total. The van der Waals surface area contributed by atoms with Crippen LogP contribution in [0.5, 0.6) is 0 Å². The van der Waals surface area contributed by atoms with E-state index in [1.54, 1.807) is 6.82 Å². The van der Waals surface area contributed by atoms with Gasteiger partial charge in [-0.3, -0.25) is 4.79 Å². The van der Waals surface area contributed by atoms with E-state index in [2.05, 4.69) is 10.5 Å². The number of rotatable bonds is 12. The van der Waals surface area contributed by atoms with Crippen molar-refractivity contribution in [1.82, 2.24) is 10.5 Å². The highest BCUT2D eigenvalue weighted by Crippen LogP contribution is 2.22. The lowest BCUT2D eigenvalue weighted by Crippen LogP contribution is -2.46. The average Bonchev–Trinajstić information content (AvgIpc) is 2.89. The van der Waals surface area contributed by atoms with Crippen molar-refractivity contribution in [3.8, 4) is 0 Å². The summed E-state index contributed by atoms with van der Waals surface area (Å²) in [6.45, 7) is 8.51. The van der Waals surface area contributed by atoms with Gasteiger partial charge in [0.05, 0.1) is 19.3 Å². The maximum Gasteiger partial charge on any atom is 0.374 e. The predicted octanol–water partition coefficient (Wildman–Crippen LogP) is -0.110. The topological polar surface area (TPSA) is 109 Å². The van der Waals surface area contributed by atoms with E-state index >= 15 is 0 Å². The molecule has 1 heterocycles. The SMILES string of the molecule is CB(O)NC(CCCCNC(C)CO)C(=O)OCC1COC(C)(C)O1. The Hall–Kier alpha value is -0.705. The third-order valence-electron chi connectivity index (χ3n) is 3.89. The molecule has 146 valence electrons. The molecule has 3 atom stereocenters. The standard InChI is InChI=1S/C16H33BN2O6/c1-12(9-20)18-8-6-5-7-14(19-17(4)22)15(21)23-10-13-11-24-16(2,3)25-13/h12-14,18-20,22H,5-11H2,1-4H3. The van der Waals surface area contributed by atoms with Gasteiger partial charge in [-0.1, -0.05) is 6.42 Å². The van der Waals surface area contributed by atoms with Crippen LogP contribution in [0.1, 0.15) is 40.0 Å². The van der Waals surface area contributed by atoms with Crippen LogP contribution in [0.25, 0.3) is 0 Å². The number of hydrogen-bond acceptors (Lipinski definition) is 8. The second-order valence-electron chi connectivity index (χ2n) is 7.01. The van der Waals surface area contributed by atoms with Crippen molar-refractivity contribution < 1.29 is 29.1 Å². The Labute approximate surface area is 150 Å². The molecule has 1 aliphatic heterocycles. The fraction of sp³-hybridized carbons (Fsp3) is 0.938. The van der Waals surface area contributed by atoms with Crippen molar-refractivity contribution in [1.29, 1.82) is 0 Å². The van der Waals surface area contributed by atoms with E-state index in [0.717, 1.165) is 19.4 Å². The van der Waals surface area contributed by atoms with Gasteiger partial charge in [0.15, 0.2) is 5.79 Å². The highest BCUT2D eigenvalue weighted by atomic mass is 16.7. The van der Waals surface area contributed by atoms with Gasteiger partial charge < -0.3 is 34.9 Å². The molecule has 0 aliphatic carbocycles. The lowest BCUT2D eigenvalue weighted by molar-refractivity contribution is -0.159. The molecule has 0 spiro atoms. The summed E-state index contributed by atoms with van der Waals surface area (Å²) in [5.41, 5.74) is 0. The van der Waals surface area contributed by atoms with Gasteiger partial charge in [0.25, 0.3) is 0 Å². The minimum Gasteiger partial charge on any atom is -0.462 e. The van der Waals surface area contributed by atoms with E-state index in [0.29, 0.717) is 13.0 Å². The van der Waals surface area contributed by atoms with E-state index in [4.69, 9.17) is 19.3 Å². The van der Waals surface area contributed by atoms with Crippen molar-refractivity contribution in [2.45, 2.75) is 70.8 Å². The zero-order valence-electron chi connectivity index (χ0n) is 15.8. The van der Waals surface area contributed by atoms with Gasteiger partial charge in [0.1, 0.15) is 12.7 Å². The Kier molecular flexibility index (Phi) is 9.92. The quantitative estimate of drug-likeness (QED) is 0.217. The first kappa shape index (κ1) is 22.3. The van der Waals surface area contributed by atoms with E-state index < -0.39 is 24.8 Å². The molecule has 3 unspecified atom stereocenters. The molecular weight excluding hydrogens is 327 g/mol. The van der Waals surface area contributed by atoms with Crippen LogP contribution in [-0.4, -0.2) is 73.5 Å². The number of carbonyl (C=O) groups excluding carboxylic acids is 1. The molecule has 0 aromatic carbocycles. The summed E-state index contributed by atoms with van der Waals surface area (Å²) in [5.74, 6) is -1.04. The van der Waals surface area contributed by atoms with Crippen LogP contribution in [0.2, 0.25) is 6.82 Å². The molecule has 1 fully saturated rings. The first-order chi connectivity index (χ1) is 11.7. The number of aliphatic hydroxyl groups excluding tert-OH is 1. The summed E-state index contributed by atoms with van der Waals surface area (Å²) in [6, 6.07) is -0.500. The number of ether oxygens (including phenoxy) is 3. The number of aliphatic hydroxyl groups is 1. The van der Waals surface area contributed by atoms with E-state index in [1.807, 2.05) is 20.8 Å². The molecule has 1 aliphatic rings. The molecule has 0 saturated carbocycles. The lowest BCUT2D eigenvalue weighted by atomic mass is 9.86. The summed E-state index contributed by atoms with van der Waals surface area (Å²) in [6.07, 6.45) is 1.95. The smallest absolute Gasteiger partial charge is 0.374 e.